The van der Waals surface area contributed by atoms with Crippen LogP contribution in [0.25, 0.3) is 5.69 Å². The van der Waals surface area contributed by atoms with E-state index >= 15 is 0 Å². The molecule has 2 N–H and O–H groups in total. The van der Waals surface area contributed by atoms with Crippen LogP contribution in [0.5, 0.6) is 0 Å². The molecule has 0 aliphatic rings. The van der Waals surface area contributed by atoms with Crippen molar-refractivity contribution in [2.24, 2.45) is 5.73 Å². The molecule has 2 rings (SSSR count). The highest BCUT2D eigenvalue weighted by Gasteiger charge is 2.03. The smallest absolute Gasteiger partial charge is 0.329 e. The fourth-order valence-corrected chi connectivity index (χ4v) is 1.51. The lowest BCUT2D eigenvalue weighted by molar-refractivity contribution is 0.672. The standard InChI is InChI=1S/C11H13N3O/c12-6-7-13-8-9-14(11(13)15)10-4-2-1-3-5-10/h1-5,8-9H,6-7,12H2. The van der Waals surface area contributed by atoms with Crippen LogP contribution in [0.2, 0.25) is 0 Å². The highest BCUT2D eigenvalue weighted by atomic mass is 16.1. The van der Waals surface area contributed by atoms with Crippen LogP contribution >= 0.6 is 0 Å². The van der Waals surface area contributed by atoms with E-state index in [-0.39, 0.29) is 5.69 Å². The highest BCUT2D eigenvalue weighted by molar-refractivity contribution is 5.30. The molecule has 0 saturated heterocycles. The Kier molecular flexibility index (Phi) is 2.69. The largest absolute Gasteiger partial charge is 0.332 e. The van der Waals surface area contributed by atoms with E-state index in [0.29, 0.717) is 13.1 Å². The normalized spacial score (nSPS) is 10.5. The summed E-state index contributed by atoms with van der Waals surface area (Å²) in [6.07, 6.45) is 3.51. The lowest BCUT2D eigenvalue weighted by Crippen LogP contribution is -2.25. The molecule has 0 bridgehead atoms. The molecule has 1 heterocycles. The van der Waals surface area contributed by atoms with Crippen LogP contribution in [0.15, 0.2) is 47.5 Å². The lowest BCUT2D eigenvalue weighted by Gasteiger charge is -2.00. The van der Waals surface area contributed by atoms with Gasteiger partial charge >= 0.3 is 5.69 Å². The number of rotatable bonds is 3. The zero-order chi connectivity index (χ0) is 10.7. The van der Waals surface area contributed by atoms with Gasteiger partial charge in [-0.05, 0) is 12.1 Å². The molecule has 2 aromatic rings. The number of para-hydroxylation sites is 1. The summed E-state index contributed by atoms with van der Waals surface area (Å²) in [4.78, 5) is 11.8. The van der Waals surface area contributed by atoms with E-state index in [1.54, 1.807) is 21.5 Å². The van der Waals surface area contributed by atoms with E-state index in [0.717, 1.165) is 5.69 Å². The Balaban J connectivity index is 2.43. The molecule has 78 valence electrons. The minimum Gasteiger partial charge on any atom is -0.329 e. The fraction of sp³-hybridized carbons (Fsp3) is 0.182. The van der Waals surface area contributed by atoms with Crippen molar-refractivity contribution in [3.05, 3.63) is 53.2 Å². The number of hydrogen-bond acceptors (Lipinski definition) is 2. The van der Waals surface area contributed by atoms with Gasteiger partial charge in [0.05, 0.1) is 5.69 Å². The summed E-state index contributed by atoms with van der Waals surface area (Å²) in [7, 11) is 0. The van der Waals surface area contributed by atoms with Gasteiger partial charge in [-0.2, -0.15) is 0 Å². The summed E-state index contributed by atoms with van der Waals surface area (Å²) in [6.45, 7) is 1.03. The molecule has 4 nitrogen and oxygen atoms in total. The third-order valence-electron chi connectivity index (χ3n) is 2.25. The quantitative estimate of drug-likeness (QED) is 0.794. The monoisotopic (exact) mass is 203 g/mol. The molecule has 0 aliphatic heterocycles. The SMILES string of the molecule is NCCn1ccn(-c2ccccc2)c1=O. The van der Waals surface area contributed by atoms with Crippen molar-refractivity contribution in [3.8, 4) is 5.69 Å². The molecule has 1 aromatic carbocycles. The van der Waals surface area contributed by atoms with Gasteiger partial charge in [0.15, 0.2) is 0 Å². The van der Waals surface area contributed by atoms with E-state index in [4.69, 9.17) is 5.73 Å². The highest BCUT2D eigenvalue weighted by Crippen LogP contribution is 2.03. The van der Waals surface area contributed by atoms with Gasteiger partial charge < -0.3 is 5.73 Å². The molecule has 4 heteroatoms. The van der Waals surface area contributed by atoms with Crippen LogP contribution in [0.1, 0.15) is 0 Å². The minimum atomic E-state index is -0.0494. The molecule has 0 radical (unpaired) electrons. The molecule has 0 aliphatic carbocycles. The van der Waals surface area contributed by atoms with Gasteiger partial charge in [-0.1, -0.05) is 18.2 Å². The van der Waals surface area contributed by atoms with Gasteiger partial charge in [0, 0.05) is 25.5 Å². The van der Waals surface area contributed by atoms with Crippen molar-refractivity contribution in [1.29, 1.82) is 0 Å². The molecular weight excluding hydrogens is 190 g/mol. The van der Waals surface area contributed by atoms with Crippen molar-refractivity contribution in [2.45, 2.75) is 6.54 Å². The fourth-order valence-electron chi connectivity index (χ4n) is 1.51. The Morgan fingerprint density at radius 3 is 2.53 bits per heavy atom. The first-order valence-electron chi connectivity index (χ1n) is 4.86. The van der Waals surface area contributed by atoms with Gasteiger partial charge in [0.25, 0.3) is 0 Å². The first-order chi connectivity index (χ1) is 7.33. The summed E-state index contributed by atoms with van der Waals surface area (Å²) < 4.78 is 3.21. The Morgan fingerprint density at radius 1 is 1.13 bits per heavy atom. The maximum absolute atomic E-state index is 11.8. The summed E-state index contributed by atoms with van der Waals surface area (Å²) in [5, 5.41) is 0. The average molecular weight is 203 g/mol. The lowest BCUT2D eigenvalue weighted by atomic mass is 10.3. The van der Waals surface area contributed by atoms with Crippen molar-refractivity contribution >= 4 is 0 Å². The third kappa shape index (κ3) is 1.85. The first-order valence-corrected chi connectivity index (χ1v) is 4.86. The Hall–Kier alpha value is -1.81. The molecule has 0 amide bonds. The predicted octanol–water partition coefficient (Wildman–Crippen LogP) is 0.598. The molecule has 0 fully saturated rings. The van der Waals surface area contributed by atoms with Gasteiger partial charge in [-0.25, -0.2) is 4.79 Å². The van der Waals surface area contributed by atoms with Crippen LogP contribution in [0.4, 0.5) is 0 Å². The van der Waals surface area contributed by atoms with E-state index in [2.05, 4.69) is 0 Å². The van der Waals surface area contributed by atoms with Crippen molar-refractivity contribution < 1.29 is 0 Å². The Morgan fingerprint density at radius 2 is 1.87 bits per heavy atom. The average Bonchev–Trinajstić information content (AvgIpc) is 2.63. The molecule has 0 saturated carbocycles. The second-order valence-corrected chi connectivity index (χ2v) is 3.27. The zero-order valence-corrected chi connectivity index (χ0v) is 8.34. The van der Waals surface area contributed by atoms with Crippen LogP contribution in [0.3, 0.4) is 0 Å². The van der Waals surface area contributed by atoms with E-state index in [9.17, 15) is 4.79 Å². The maximum Gasteiger partial charge on any atom is 0.332 e. The number of aromatic nitrogens is 2. The zero-order valence-electron chi connectivity index (χ0n) is 8.34. The second-order valence-electron chi connectivity index (χ2n) is 3.27. The molecule has 0 unspecified atom stereocenters. The summed E-state index contributed by atoms with van der Waals surface area (Å²) in [6, 6.07) is 9.53. The Bertz CT molecular complexity index is 484. The number of hydrogen-bond donors (Lipinski definition) is 1. The van der Waals surface area contributed by atoms with E-state index in [1.165, 1.54) is 0 Å². The number of nitrogens with zero attached hydrogens (tertiary/aromatic N) is 2. The molecular formula is C11H13N3O. The molecule has 0 spiro atoms. The van der Waals surface area contributed by atoms with E-state index in [1.807, 2.05) is 30.3 Å². The minimum absolute atomic E-state index is 0.0494. The van der Waals surface area contributed by atoms with Crippen LogP contribution in [0, 0.1) is 0 Å². The van der Waals surface area contributed by atoms with Crippen molar-refractivity contribution in [1.82, 2.24) is 9.13 Å². The maximum atomic E-state index is 11.8. The predicted molar refractivity (Wildman–Crippen MR) is 59.1 cm³/mol. The third-order valence-corrected chi connectivity index (χ3v) is 2.25. The number of imidazole rings is 1. The molecule has 1 aromatic heterocycles. The Labute approximate surface area is 87.6 Å². The van der Waals surface area contributed by atoms with Crippen LogP contribution < -0.4 is 11.4 Å². The van der Waals surface area contributed by atoms with Gasteiger partial charge in [-0.15, -0.1) is 0 Å². The van der Waals surface area contributed by atoms with Crippen LogP contribution in [-0.4, -0.2) is 15.7 Å². The molecule has 0 atom stereocenters. The number of benzene rings is 1. The van der Waals surface area contributed by atoms with E-state index < -0.39 is 0 Å². The van der Waals surface area contributed by atoms with Crippen molar-refractivity contribution in [3.63, 3.8) is 0 Å². The van der Waals surface area contributed by atoms with Gasteiger partial charge in [0.2, 0.25) is 0 Å². The van der Waals surface area contributed by atoms with Gasteiger partial charge in [-0.3, -0.25) is 9.13 Å². The summed E-state index contributed by atoms with van der Waals surface area (Å²) in [5.74, 6) is 0. The summed E-state index contributed by atoms with van der Waals surface area (Å²) in [5.41, 5.74) is 6.23. The van der Waals surface area contributed by atoms with Crippen molar-refractivity contribution in [2.75, 3.05) is 6.54 Å². The first kappa shape index (κ1) is 9.73. The molecule has 15 heavy (non-hydrogen) atoms. The number of nitrogens with two attached hydrogens (primary N) is 1. The van der Waals surface area contributed by atoms with Gasteiger partial charge in [0.1, 0.15) is 0 Å². The summed E-state index contributed by atoms with van der Waals surface area (Å²) >= 11 is 0. The second kappa shape index (κ2) is 4.14. The topological polar surface area (TPSA) is 52.9 Å². The van der Waals surface area contributed by atoms with Crippen LogP contribution in [-0.2, 0) is 6.54 Å².